The van der Waals surface area contributed by atoms with Crippen LogP contribution in [-0.2, 0) is 12.0 Å². The number of nitrogens with one attached hydrogen (secondary N) is 1. The lowest BCUT2D eigenvalue weighted by Gasteiger charge is -2.37. The van der Waals surface area contributed by atoms with E-state index >= 15 is 0 Å². The number of aromatic nitrogens is 1. The van der Waals surface area contributed by atoms with Crippen molar-refractivity contribution in [2.45, 2.75) is 39.7 Å². The van der Waals surface area contributed by atoms with Gasteiger partial charge in [-0.3, -0.25) is 0 Å². The number of anilines is 1. The molecule has 0 radical (unpaired) electrons. The van der Waals surface area contributed by atoms with Crippen LogP contribution in [0.3, 0.4) is 0 Å². The fourth-order valence-electron chi connectivity index (χ4n) is 3.28. The van der Waals surface area contributed by atoms with Gasteiger partial charge in [0.2, 0.25) is 5.89 Å². The Balaban J connectivity index is 1.62. The second-order valence-electron chi connectivity index (χ2n) is 8.21. The van der Waals surface area contributed by atoms with E-state index in [9.17, 15) is 0 Å². The molecule has 0 atom stereocenters. The topological polar surface area (TPSA) is 66.1 Å². The third-order valence-corrected chi connectivity index (χ3v) is 4.99. The highest BCUT2D eigenvalue weighted by molar-refractivity contribution is 5.80. The molecule has 0 saturated carbocycles. The van der Waals surface area contributed by atoms with E-state index < -0.39 is 0 Å². The Hall–Kier alpha value is -2.70. The SMILES string of the molecule is CCNC(=NCc1ncc(C(C)(C)C)o1)N1CCN(c2cccc(OC)c2)CC1. The van der Waals surface area contributed by atoms with E-state index in [1.54, 1.807) is 7.11 Å². The van der Waals surface area contributed by atoms with Crippen LogP contribution in [0.5, 0.6) is 5.75 Å². The van der Waals surface area contributed by atoms with Gasteiger partial charge in [-0.2, -0.15) is 0 Å². The van der Waals surface area contributed by atoms with E-state index in [1.807, 2.05) is 18.3 Å². The molecule has 29 heavy (non-hydrogen) atoms. The Bertz CT molecular complexity index is 817. The van der Waals surface area contributed by atoms with Crippen molar-refractivity contribution in [1.82, 2.24) is 15.2 Å². The predicted octanol–water partition coefficient (Wildman–Crippen LogP) is 3.27. The van der Waals surface area contributed by atoms with E-state index in [-0.39, 0.29) is 5.41 Å². The van der Waals surface area contributed by atoms with Crippen LogP contribution in [0.4, 0.5) is 5.69 Å². The maximum atomic E-state index is 5.88. The minimum atomic E-state index is -0.0457. The highest BCUT2D eigenvalue weighted by atomic mass is 16.5. The minimum absolute atomic E-state index is 0.0457. The molecular formula is C22H33N5O2. The smallest absolute Gasteiger partial charge is 0.216 e. The van der Waals surface area contributed by atoms with Gasteiger partial charge in [-0.15, -0.1) is 0 Å². The molecule has 1 aromatic heterocycles. The number of piperazine rings is 1. The number of methoxy groups -OCH3 is 1. The van der Waals surface area contributed by atoms with Gasteiger partial charge < -0.3 is 24.3 Å². The van der Waals surface area contributed by atoms with Gasteiger partial charge in [0.1, 0.15) is 18.1 Å². The average Bonchev–Trinajstić information content (AvgIpc) is 3.21. The number of ether oxygens (including phenoxy) is 1. The van der Waals surface area contributed by atoms with Crippen molar-refractivity contribution in [3.63, 3.8) is 0 Å². The molecule has 0 spiro atoms. The summed E-state index contributed by atoms with van der Waals surface area (Å²) in [5.74, 6) is 3.34. The van der Waals surface area contributed by atoms with Crippen molar-refractivity contribution in [1.29, 1.82) is 0 Å². The summed E-state index contributed by atoms with van der Waals surface area (Å²) < 4.78 is 11.2. The molecule has 7 nitrogen and oxygen atoms in total. The Morgan fingerprint density at radius 3 is 2.62 bits per heavy atom. The Morgan fingerprint density at radius 1 is 1.24 bits per heavy atom. The molecule has 0 amide bonds. The molecule has 0 aliphatic carbocycles. The monoisotopic (exact) mass is 399 g/mol. The zero-order valence-corrected chi connectivity index (χ0v) is 18.2. The number of hydrogen-bond donors (Lipinski definition) is 1. The number of rotatable bonds is 5. The van der Waals surface area contributed by atoms with Crippen LogP contribution in [0.15, 0.2) is 39.9 Å². The van der Waals surface area contributed by atoms with Crippen molar-refractivity contribution in [2.24, 2.45) is 4.99 Å². The highest BCUT2D eigenvalue weighted by Crippen LogP contribution is 2.23. The molecule has 1 fully saturated rings. The number of benzene rings is 1. The maximum Gasteiger partial charge on any atom is 0.216 e. The standard InChI is InChI=1S/C22H33N5O2/c1-6-23-21(25-16-20-24-15-19(29-20)22(2,3)4)27-12-10-26(11-13-27)17-8-7-9-18(14-17)28-5/h7-9,14-15H,6,10-13,16H2,1-5H3,(H,23,25). The first kappa shape index (κ1) is 21.0. The van der Waals surface area contributed by atoms with Crippen LogP contribution >= 0.6 is 0 Å². The summed E-state index contributed by atoms with van der Waals surface area (Å²) in [5, 5.41) is 3.40. The summed E-state index contributed by atoms with van der Waals surface area (Å²) in [5.41, 5.74) is 1.15. The highest BCUT2D eigenvalue weighted by Gasteiger charge is 2.21. The molecule has 2 heterocycles. The zero-order chi connectivity index (χ0) is 20.9. The van der Waals surface area contributed by atoms with Gasteiger partial charge in [0, 0.05) is 49.9 Å². The van der Waals surface area contributed by atoms with Crippen LogP contribution in [0.25, 0.3) is 0 Å². The molecule has 1 N–H and O–H groups in total. The van der Waals surface area contributed by atoms with Gasteiger partial charge in [-0.05, 0) is 19.1 Å². The summed E-state index contributed by atoms with van der Waals surface area (Å²) in [6.07, 6.45) is 1.81. The normalized spacial score (nSPS) is 15.6. The molecule has 1 aliphatic rings. The molecule has 0 bridgehead atoms. The Morgan fingerprint density at radius 2 is 2.00 bits per heavy atom. The predicted molar refractivity (Wildman–Crippen MR) is 117 cm³/mol. The summed E-state index contributed by atoms with van der Waals surface area (Å²) in [4.78, 5) is 13.8. The van der Waals surface area contributed by atoms with Gasteiger partial charge in [-0.1, -0.05) is 26.8 Å². The van der Waals surface area contributed by atoms with Crippen LogP contribution in [0.2, 0.25) is 0 Å². The number of hydrogen-bond acceptors (Lipinski definition) is 5. The summed E-state index contributed by atoms with van der Waals surface area (Å²) in [7, 11) is 1.70. The average molecular weight is 400 g/mol. The van der Waals surface area contributed by atoms with Crippen LogP contribution in [0, 0.1) is 0 Å². The fraction of sp³-hybridized carbons (Fsp3) is 0.545. The van der Waals surface area contributed by atoms with E-state index in [0.29, 0.717) is 12.4 Å². The van der Waals surface area contributed by atoms with Crippen LogP contribution < -0.4 is 15.0 Å². The zero-order valence-electron chi connectivity index (χ0n) is 18.2. The lowest BCUT2D eigenvalue weighted by Crippen LogP contribution is -2.52. The first-order valence-corrected chi connectivity index (χ1v) is 10.3. The van der Waals surface area contributed by atoms with Crippen molar-refractivity contribution in [2.75, 3.05) is 44.7 Å². The number of aliphatic imine (C=N–C) groups is 1. The van der Waals surface area contributed by atoms with Gasteiger partial charge in [0.25, 0.3) is 0 Å². The quantitative estimate of drug-likeness (QED) is 0.615. The third-order valence-electron chi connectivity index (χ3n) is 4.99. The van der Waals surface area contributed by atoms with E-state index in [1.165, 1.54) is 5.69 Å². The first-order chi connectivity index (χ1) is 13.9. The van der Waals surface area contributed by atoms with E-state index in [0.717, 1.165) is 50.2 Å². The van der Waals surface area contributed by atoms with Crippen molar-refractivity contribution >= 4 is 11.6 Å². The first-order valence-electron chi connectivity index (χ1n) is 10.3. The molecule has 7 heteroatoms. The summed E-state index contributed by atoms with van der Waals surface area (Å²) in [6, 6.07) is 8.23. The summed E-state index contributed by atoms with van der Waals surface area (Å²) in [6.45, 7) is 13.4. The molecule has 1 saturated heterocycles. The molecule has 1 aromatic carbocycles. The second kappa shape index (κ2) is 9.20. The van der Waals surface area contributed by atoms with Crippen molar-refractivity contribution in [3.8, 4) is 5.75 Å². The van der Waals surface area contributed by atoms with E-state index in [2.05, 4.69) is 59.9 Å². The lowest BCUT2D eigenvalue weighted by molar-refractivity contribution is 0.366. The third kappa shape index (κ3) is 5.43. The number of guanidine groups is 1. The van der Waals surface area contributed by atoms with Crippen molar-refractivity contribution < 1.29 is 9.15 Å². The summed E-state index contributed by atoms with van der Waals surface area (Å²) >= 11 is 0. The molecular weight excluding hydrogens is 366 g/mol. The largest absolute Gasteiger partial charge is 0.497 e. The molecule has 1 aliphatic heterocycles. The molecule has 2 aromatic rings. The van der Waals surface area contributed by atoms with Crippen molar-refractivity contribution in [3.05, 3.63) is 42.1 Å². The van der Waals surface area contributed by atoms with Gasteiger partial charge in [0.15, 0.2) is 5.96 Å². The maximum absolute atomic E-state index is 5.88. The van der Waals surface area contributed by atoms with Crippen LogP contribution in [-0.4, -0.2) is 55.7 Å². The van der Waals surface area contributed by atoms with Gasteiger partial charge in [0.05, 0.1) is 13.3 Å². The molecule has 3 rings (SSSR count). The van der Waals surface area contributed by atoms with Crippen LogP contribution in [0.1, 0.15) is 39.3 Å². The van der Waals surface area contributed by atoms with Gasteiger partial charge >= 0.3 is 0 Å². The fourth-order valence-corrected chi connectivity index (χ4v) is 3.28. The lowest BCUT2D eigenvalue weighted by atomic mass is 9.94. The number of nitrogens with zero attached hydrogens (tertiary/aromatic N) is 4. The Kier molecular flexibility index (Phi) is 6.67. The second-order valence-corrected chi connectivity index (χ2v) is 8.21. The number of oxazole rings is 1. The van der Waals surface area contributed by atoms with E-state index in [4.69, 9.17) is 14.1 Å². The minimum Gasteiger partial charge on any atom is -0.497 e. The molecule has 0 unspecified atom stereocenters. The Labute approximate surface area is 173 Å². The molecule has 158 valence electrons. The van der Waals surface area contributed by atoms with Gasteiger partial charge in [-0.25, -0.2) is 9.98 Å².